The van der Waals surface area contributed by atoms with Crippen LogP contribution >= 0.6 is 0 Å². The van der Waals surface area contributed by atoms with Crippen LogP contribution < -0.4 is 0 Å². The monoisotopic (exact) mass is 333 g/mol. The molecule has 1 unspecified atom stereocenters. The van der Waals surface area contributed by atoms with Crippen molar-refractivity contribution < 1.29 is 0 Å². The predicted molar refractivity (Wildman–Crippen MR) is 96.9 cm³/mol. The van der Waals surface area contributed by atoms with E-state index in [1.807, 2.05) is 43.1 Å². The molecule has 3 aromatic rings. The number of nitrogens with zero attached hydrogens (tertiary/aromatic N) is 5. The van der Waals surface area contributed by atoms with Crippen molar-refractivity contribution >= 4 is 0 Å². The van der Waals surface area contributed by atoms with E-state index in [0.717, 1.165) is 26.1 Å². The summed E-state index contributed by atoms with van der Waals surface area (Å²) in [6, 6.07) is 8.64. The van der Waals surface area contributed by atoms with Crippen LogP contribution in [0.4, 0.5) is 0 Å². The second-order valence-corrected chi connectivity index (χ2v) is 6.69. The van der Waals surface area contributed by atoms with E-state index in [1.54, 1.807) is 0 Å². The topological polar surface area (TPSA) is 46.8 Å². The summed E-state index contributed by atoms with van der Waals surface area (Å²) in [6.07, 6.45) is 11.9. The Labute approximate surface area is 148 Å². The Hall–Kier alpha value is -2.53. The summed E-state index contributed by atoms with van der Waals surface area (Å²) in [6.45, 7) is 5.00. The summed E-state index contributed by atoms with van der Waals surface area (Å²) in [5, 5.41) is 0. The van der Waals surface area contributed by atoms with Crippen LogP contribution in [0.3, 0.4) is 0 Å². The Morgan fingerprint density at radius 2 is 1.72 bits per heavy atom. The predicted octanol–water partition coefficient (Wildman–Crippen LogP) is 3.37. The highest BCUT2D eigenvalue weighted by Gasteiger charge is 2.30. The fourth-order valence-electron chi connectivity index (χ4n) is 3.66. The minimum atomic E-state index is 0.366. The van der Waals surface area contributed by atoms with Crippen LogP contribution in [0, 0.1) is 6.92 Å². The van der Waals surface area contributed by atoms with Crippen LogP contribution in [-0.4, -0.2) is 31.0 Å². The molecule has 5 heteroatoms. The van der Waals surface area contributed by atoms with Crippen molar-refractivity contribution in [2.24, 2.45) is 0 Å². The molecule has 0 amide bonds. The Bertz CT molecular complexity index is 813. The van der Waals surface area contributed by atoms with Crippen molar-refractivity contribution in [1.82, 2.24) is 24.4 Å². The first kappa shape index (κ1) is 16.0. The molecule has 0 spiro atoms. The van der Waals surface area contributed by atoms with Crippen molar-refractivity contribution in [1.29, 1.82) is 0 Å². The second-order valence-electron chi connectivity index (χ2n) is 6.69. The van der Waals surface area contributed by atoms with E-state index in [4.69, 9.17) is 4.98 Å². The highest BCUT2D eigenvalue weighted by atomic mass is 15.2. The summed E-state index contributed by atoms with van der Waals surface area (Å²) < 4.78 is 2.34. The molecule has 5 nitrogen and oxygen atoms in total. The maximum Gasteiger partial charge on any atom is 0.126 e. The Kier molecular flexibility index (Phi) is 4.57. The number of aromatic nitrogens is 4. The zero-order valence-corrected chi connectivity index (χ0v) is 14.5. The van der Waals surface area contributed by atoms with E-state index in [0.29, 0.717) is 6.04 Å². The van der Waals surface area contributed by atoms with Gasteiger partial charge in [-0.05, 0) is 49.6 Å². The minimum absolute atomic E-state index is 0.366. The highest BCUT2D eigenvalue weighted by molar-refractivity contribution is 5.16. The van der Waals surface area contributed by atoms with Gasteiger partial charge in [-0.2, -0.15) is 0 Å². The van der Waals surface area contributed by atoms with Gasteiger partial charge in [0.2, 0.25) is 0 Å². The molecule has 0 aromatic carbocycles. The van der Waals surface area contributed by atoms with Gasteiger partial charge in [-0.3, -0.25) is 14.9 Å². The van der Waals surface area contributed by atoms with Crippen LogP contribution in [0.2, 0.25) is 0 Å². The lowest BCUT2D eigenvalue weighted by molar-refractivity contribution is 0.235. The van der Waals surface area contributed by atoms with Gasteiger partial charge >= 0.3 is 0 Å². The maximum atomic E-state index is 4.77. The van der Waals surface area contributed by atoms with E-state index >= 15 is 0 Å². The summed E-state index contributed by atoms with van der Waals surface area (Å²) >= 11 is 0. The SMILES string of the molecule is Cc1cnc(C2CCCN2Cc2cccnc2)n1Cc1cccnc1. The van der Waals surface area contributed by atoms with Crippen molar-refractivity contribution in [3.8, 4) is 0 Å². The molecule has 1 aliphatic heterocycles. The Balaban J connectivity index is 1.58. The molecule has 1 atom stereocenters. The molecule has 4 heterocycles. The molecule has 25 heavy (non-hydrogen) atoms. The molecule has 1 saturated heterocycles. The second kappa shape index (κ2) is 7.15. The van der Waals surface area contributed by atoms with Crippen molar-refractivity contribution in [3.63, 3.8) is 0 Å². The fraction of sp³-hybridized carbons (Fsp3) is 0.350. The summed E-state index contributed by atoms with van der Waals surface area (Å²) in [7, 11) is 0. The molecular weight excluding hydrogens is 310 g/mol. The van der Waals surface area contributed by atoms with Crippen molar-refractivity contribution in [2.75, 3.05) is 6.54 Å². The third-order valence-electron chi connectivity index (χ3n) is 4.92. The number of hydrogen-bond acceptors (Lipinski definition) is 4. The number of rotatable bonds is 5. The average Bonchev–Trinajstić information content (AvgIpc) is 3.24. The van der Waals surface area contributed by atoms with E-state index < -0.39 is 0 Å². The van der Waals surface area contributed by atoms with Gasteiger partial charge in [-0.25, -0.2) is 4.98 Å². The summed E-state index contributed by atoms with van der Waals surface area (Å²) in [5.41, 5.74) is 3.67. The molecule has 0 N–H and O–H groups in total. The van der Waals surface area contributed by atoms with Gasteiger partial charge in [0.05, 0.1) is 12.6 Å². The lowest BCUT2D eigenvalue weighted by Crippen LogP contribution is -2.25. The molecule has 0 aliphatic carbocycles. The Morgan fingerprint density at radius 1 is 1.00 bits per heavy atom. The molecule has 0 saturated carbocycles. The fourth-order valence-corrected chi connectivity index (χ4v) is 3.66. The highest BCUT2D eigenvalue weighted by Crippen LogP contribution is 2.33. The molecule has 3 aromatic heterocycles. The lowest BCUT2D eigenvalue weighted by Gasteiger charge is -2.25. The number of aryl methyl sites for hydroxylation is 1. The first-order valence-corrected chi connectivity index (χ1v) is 8.85. The van der Waals surface area contributed by atoms with E-state index in [9.17, 15) is 0 Å². The third-order valence-corrected chi connectivity index (χ3v) is 4.92. The zero-order chi connectivity index (χ0) is 17.1. The largest absolute Gasteiger partial charge is 0.327 e. The minimum Gasteiger partial charge on any atom is -0.327 e. The van der Waals surface area contributed by atoms with Gasteiger partial charge in [0.25, 0.3) is 0 Å². The summed E-state index contributed by atoms with van der Waals surface area (Å²) in [4.78, 5) is 15.8. The van der Waals surface area contributed by atoms with Crippen molar-refractivity contribution in [2.45, 2.75) is 38.9 Å². The van der Waals surface area contributed by atoms with Crippen molar-refractivity contribution in [3.05, 3.63) is 77.9 Å². The molecule has 1 fully saturated rings. The first-order valence-electron chi connectivity index (χ1n) is 8.85. The molecule has 0 bridgehead atoms. The first-order chi connectivity index (χ1) is 12.3. The van der Waals surface area contributed by atoms with Gasteiger partial charge in [-0.15, -0.1) is 0 Å². The quantitative estimate of drug-likeness (QED) is 0.718. The molecular formula is C20H23N5. The van der Waals surface area contributed by atoms with Crippen LogP contribution in [0.15, 0.2) is 55.2 Å². The Morgan fingerprint density at radius 3 is 2.40 bits per heavy atom. The lowest BCUT2D eigenvalue weighted by atomic mass is 10.2. The van der Waals surface area contributed by atoms with Crippen LogP contribution in [0.5, 0.6) is 0 Å². The third kappa shape index (κ3) is 3.46. The molecule has 0 radical (unpaired) electrons. The number of hydrogen-bond donors (Lipinski definition) is 0. The van der Waals surface area contributed by atoms with E-state index in [1.165, 1.54) is 29.1 Å². The van der Waals surface area contributed by atoms with Gasteiger partial charge in [0.15, 0.2) is 0 Å². The zero-order valence-electron chi connectivity index (χ0n) is 14.5. The number of imidazole rings is 1. The van der Waals surface area contributed by atoms with Gasteiger partial charge < -0.3 is 4.57 Å². The summed E-state index contributed by atoms with van der Waals surface area (Å²) in [5.74, 6) is 1.17. The van der Waals surface area contributed by atoms with E-state index in [2.05, 4.69) is 38.5 Å². The van der Waals surface area contributed by atoms with Gasteiger partial charge in [0.1, 0.15) is 5.82 Å². The number of pyridine rings is 2. The molecule has 4 rings (SSSR count). The van der Waals surface area contributed by atoms with Gasteiger partial charge in [0, 0.05) is 43.2 Å². The standard InChI is InChI=1S/C20H23N5/c1-16-11-23-20(25(16)15-18-6-3-9-22-13-18)19-7-4-10-24(19)14-17-5-2-8-21-12-17/h2-3,5-6,8-9,11-13,19H,4,7,10,14-15H2,1H3. The van der Waals surface area contributed by atoms with E-state index in [-0.39, 0.29) is 0 Å². The van der Waals surface area contributed by atoms with Gasteiger partial charge in [-0.1, -0.05) is 12.1 Å². The number of likely N-dealkylation sites (tertiary alicyclic amines) is 1. The molecule has 128 valence electrons. The van der Waals surface area contributed by atoms with Crippen LogP contribution in [0.25, 0.3) is 0 Å². The average molecular weight is 333 g/mol. The van der Waals surface area contributed by atoms with Crippen LogP contribution in [0.1, 0.15) is 41.5 Å². The molecule has 1 aliphatic rings. The normalized spacial score (nSPS) is 17.9. The smallest absolute Gasteiger partial charge is 0.126 e. The maximum absolute atomic E-state index is 4.77. The van der Waals surface area contributed by atoms with Crippen LogP contribution in [-0.2, 0) is 13.1 Å².